The minimum atomic E-state index is -0.228. The van der Waals surface area contributed by atoms with Crippen LogP contribution in [0.2, 0.25) is 5.02 Å². The summed E-state index contributed by atoms with van der Waals surface area (Å²) in [6.45, 7) is 3.22. The lowest BCUT2D eigenvalue weighted by molar-refractivity contribution is -0.134. The number of nitrogens with one attached hydrogen (secondary N) is 1. The Hall–Kier alpha value is -2.57. The molecule has 0 spiro atoms. The van der Waals surface area contributed by atoms with Gasteiger partial charge in [0.25, 0.3) is 0 Å². The van der Waals surface area contributed by atoms with Gasteiger partial charge in [0.2, 0.25) is 11.8 Å². The van der Waals surface area contributed by atoms with Crippen LogP contribution in [0.1, 0.15) is 5.56 Å². The van der Waals surface area contributed by atoms with Crippen molar-refractivity contribution in [2.24, 2.45) is 0 Å². The summed E-state index contributed by atoms with van der Waals surface area (Å²) >= 11 is 5.84. The molecule has 0 aliphatic heterocycles. The lowest BCUT2D eigenvalue weighted by Gasteiger charge is -2.21. The maximum Gasteiger partial charge on any atom is 0.243 e. The zero-order chi connectivity index (χ0) is 20.5. The van der Waals surface area contributed by atoms with Crippen LogP contribution in [0.15, 0.2) is 48.5 Å². The molecule has 6 nitrogen and oxygen atoms in total. The molecule has 28 heavy (non-hydrogen) atoms. The third-order valence-electron chi connectivity index (χ3n) is 4.10. The van der Waals surface area contributed by atoms with Crippen molar-refractivity contribution in [2.45, 2.75) is 6.92 Å². The number of likely N-dealkylation sites (N-methyl/N-ethyl adjacent to an activating group) is 2. The molecule has 0 saturated heterocycles. The zero-order valence-electron chi connectivity index (χ0n) is 16.4. The largest absolute Gasteiger partial charge is 0.492 e. The minimum Gasteiger partial charge on any atom is -0.492 e. The second-order valence-corrected chi connectivity index (χ2v) is 7.14. The van der Waals surface area contributed by atoms with Crippen molar-refractivity contribution in [1.29, 1.82) is 0 Å². The molecular formula is C21H26ClN3O3. The molecule has 2 amide bonds. The summed E-state index contributed by atoms with van der Waals surface area (Å²) in [4.78, 5) is 27.7. The smallest absolute Gasteiger partial charge is 0.243 e. The van der Waals surface area contributed by atoms with Crippen LogP contribution in [-0.4, -0.2) is 62.0 Å². The Labute approximate surface area is 171 Å². The molecule has 0 aromatic heterocycles. The van der Waals surface area contributed by atoms with Gasteiger partial charge in [-0.05, 0) is 50.4 Å². The molecule has 0 heterocycles. The third-order valence-corrected chi connectivity index (χ3v) is 4.35. The van der Waals surface area contributed by atoms with E-state index in [4.69, 9.17) is 16.3 Å². The molecular weight excluding hydrogens is 378 g/mol. The Morgan fingerprint density at radius 2 is 1.64 bits per heavy atom. The highest BCUT2D eigenvalue weighted by molar-refractivity contribution is 6.30. The van der Waals surface area contributed by atoms with Gasteiger partial charge < -0.3 is 15.0 Å². The van der Waals surface area contributed by atoms with Crippen molar-refractivity contribution in [3.63, 3.8) is 0 Å². The quantitative estimate of drug-likeness (QED) is 0.699. The van der Waals surface area contributed by atoms with Gasteiger partial charge in [-0.3, -0.25) is 14.5 Å². The van der Waals surface area contributed by atoms with E-state index < -0.39 is 0 Å². The highest BCUT2D eigenvalue weighted by Crippen LogP contribution is 2.15. The maximum absolute atomic E-state index is 12.3. The molecule has 0 bridgehead atoms. The van der Waals surface area contributed by atoms with Gasteiger partial charge in [0.05, 0.1) is 13.1 Å². The summed E-state index contributed by atoms with van der Waals surface area (Å²) < 4.78 is 5.62. The molecule has 150 valence electrons. The SMILES string of the molecule is Cc1ccc(NC(=O)CN(C)C(=O)CN(C)CCOc2ccc(Cl)cc2)cc1. The summed E-state index contributed by atoms with van der Waals surface area (Å²) in [5, 5.41) is 3.45. The van der Waals surface area contributed by atoms with Crippen LogP contribution in [0, 0.1) is 6.92 Å². The average molecular weight is 404 g/mol. The van der Waals surface area contributed by atoms with E-state index in [1.807, 2.05) is 43.1 Å². The fourth-order valence-corrected chi connectivity index (χ4v) is 2.55. The van der Waals surface area contributed by atoms with Gasteiger partial charge in [0, 0.05) is 24.3 Å². The van der Waals surface area contributed by atoms with Crippen LogP contribution in [0.5, 0.6) is 5.75 Å². The zero-order valence-corrected chi connectivity index (χ0v) is 17.2. The average Bonchev–Trinajstić information content (AvgIpc) is 2.65. The van der Waals surface area contributed by atoms with Crippen LogP contribution < -0.4 is 10.1 Å². The van der Waals surface area contributed by atoms with Gasteiger partial charge in [0.1, 0.15) is 12.4 Å². The van der Waals surface area contributed by atoms with E-state index in [1.54, 1.807) is 31.3 Å². The van der Waals surface area contributed by atoms with Crippen molar-refractivity contribution >= 4 is 29.1 Å². The molecule has 2 aromatic rings. The number of halogens is 1. The van der Waals surface area contributed by atoms with Crippen LogP contribution in [0.25, 0.3) is 0 Å². The molecule has 0 aliphatic carbocycles. The van der Waals surface area contributed by atoms with Gasteiger partial charge in [0.15, 0.2) is 0 Å². The molecule has 0 saturated carbocycles. The van der Waals surface area contributed by atoms with Crippen LogP contribution in [0.4, 0.5) is 5.69 Å². The normalized spacial score (nSPS) is 10.6. The molecule has 0 atom stereocenters. The number of ether oxygens (including phenoxy) is 1. The van der Waals surface area contributed by atoms with E-state index in [0.717, 1.165) is 11.3 Å². The number of hydrogen-bond acceptors (Lipinski definition) is 4. The molecule has 0 unspecified atom stereocenters. The molecule has 2 aromatic carbocycles. The van der Waals surface area contributed by atoms with Crippen LogP contribution >= 0.6 is 11.6 Å². The second-order valence-electron chi connectivity index (χ2n) is 6.70. The van der Waals surface area contributed by atoms with E-state index in [2.05, 4.69) is 5.32 Å². The molecule has 0 aliphatic rings. The first-order chi connectivity index (χ1) is 13.3. The number of hydrogen-bond donors (Lipinski definition) is 1. The number of nitrogens with zero attached hydrogens (tertiary/aromatic N) is 2. The van der Waals surface area contributed by atoms with Crippen LogP contribution in [-0.2, 0) is 9.59 Å². The Bertz CT molecular complexity index is 778. The molecule has 2 rings (SSSR count). The summed E-state index contributed by atoms with van der Waals surface area (Å²) in [6.07, 6.45) is 0. The molecule has 1 N–H and O–H groups in total. The van der Waals surface area contributed by atoms with E-state index in [9.17, 15) is 9.59 Å². The fourth-order valence-electron chi connectivity index (χ4n) is 2.42. The Morgan fingerprint density at radius 3 is 2.29 bits per heavy atom. The van der Waals surface area contributed by atoms with Gasteiger partial charge in [-0.1, -0.05) is 29.3 Å². The van der Waals surface area contributed by atoms with Gasteiger partial charge in [-0.2, -0.15) is 0 Å². The van der Waals surface area contributed by atoms with E-state index in [-0.39, 0.29) is 24.9 Å². The first kappa shape index (κ1) is 21.7. The van der Waals surface area contributed by atoms with Crippen molar-refractivity contribution in [1.82, 2.24) is 9.80 Å². The number of rotatable bonds is 9. The number of anilines is 1. The monoisotopic (exact) mass is 403 g/mol. The molecule has 7 heteroatoms. The number of aryl methyl sites for hydroxylation is 1. The van der Waals surface area contributed by atoms with E-state index in [0.29, 0.717) is 23.9 Å². The summed E-state index contributed by atoms with van der Waals surface area (Å²) in [6, 6.07) is 14.6. The van der Waals surface area contributed by atoms with E-state index in [1.165, 1.54) is 4.90 Å². The van der Waals surface area contributed by atoms with Crippen molar-refractivity contribution in [2.75, 3.05) is 45.7 Å². The van der Waals surface area contributed by atoms with Crippen molar-refractivity contribution in [3.05, 3.63) is 59.1 Å². The summed E-state index contributed by atoms with van der Waals surface area (Å²) in [5.74, 6) is 0.371. The lowest BCUT2D eigenvalue weighted by Crippen LogP contribution is -2.41. The fraction of sp³-hybridized carbons (Fsp3) is 0.333. The highest BCUT2D eigenvalue weighted by Gasteiger charge is 2.15. The highest BCUT2D eigenvalue weighted by atomic mass is 35.5. The topological polar surface area (TPSA) is 61.9 Å². The maximum atomic E-state index is 12.3. The predicted octanol–water partition coefficient (Wildman–Crippen LogP) is 3.06. The molecule has 0 fully saturated rings. The van der Waals surface area contributed by atoms with Crippen LogP contribution in [0.3, 0.4) is 0 Å². The second kappa shape index (κ2) is 10.7. The minimum absolute atomic E-state index is 0.00181. The van der Waals surface area contributed by atoms with E-state index >= 15 is 0 Å². The first-order valence-electron chi connectivity index (χ1n) is 9.01. The van der Waals surface area contributed by atoms with Gasteiger partial charge >= 0.3 is 0 Å². The predicted molar refractivity (Wildman–Crippen MR) is 112 cm³/mol. The molecule has 0 radical (unpaired) electrons. The summed E-state index contributed by atoms with van der Waals surface area (Å²) in [5.41, 5.74) is 1.83. The van der Waals surface area contributed by atoms with Crippen molar-refractivity contribution < 1.29 is 14.3 Å². The Kier molecular flexibility index (Phi) is 8.29. The third kappa shape index (κ3) is 7.58. The summed E-state index contributed by atoms with van der Waals surface area (Å²) in [7, 11) is 3.46. The van der Waals surface area contributed by atoms with Gasteiger partial charge in [-0.25, -0.2) is 0 Å². The Morgan fingerprint density at radius 1 is 1.00 bits per heavy atom. The number of carbonyl (C=O) groups excluding carboxylic acids is 2. The first-order valence-corrected chi connectivity index (χ1v) is 9.38. The Balaban J connectivity index is 1.69. The lowest BCUT2D eigenvalue weighted by atomic mass is 10.2. The number of carbonyl (C=O) groups is 2. The number of benzene rings is 2. The standard InChI is InChI=1S/C21H26ClN3O3/c1-16-4-8-18(9-5-16)23-20(26)14-25(3)21(27)15-24(2)12-13-28-19-10-6-17(22)7-11-19/h4-11H,12-15H2,1-3H3,(H,23,26). The number of amides is 2. The van der Waals surface area contributed by atoms with Gasteiger partial charge in [-0.15, -0.1) is 0 Å². The van der Waals surface area contributed by atoms with Crippen molar-refractivity contribution in [3.8, 4) is 5.75 Å².